The van der Waals surface area contributed by atoms with Crippen LogP contribution in [0.3, 0.4) is 0 Å². The molecule has 3 N–H and O–H groups in total. The van der Waals surface area contributed by atoms with Crippen molar-refractivity contribution in [2.24, 2.45) is 5.92 Å². The van der Waals surface area contributed by atoms with Crippen molar-refractivity contribution in [1.29, 1.82) is 0 Å². The number of hydrogen-bond donors (Lipinski definition) is 3. The fourth-order valence-electron chi connectivity index (χ4n) is 4.38. The van der Waals surface area contributed by atoms with Crippen molar-refractivity contribution in [2.45, 2.75) is 31.8 Å². The number of halogens is 1. The smallest absolute Gasteiger partial charge is 0.247 e. The Balaban J connectivity index is 1.41. The van der Waals surface area contributed by atoms with Gasteiger partial charge in [-0.3, -0.25) is 9.80 Å². The van der Waals surface area contributed by atoms with Crippen molar-refractivity contribution in [3.8, 4) is 11.4 Å². The number of aryl methyl sites for hydroxylation is 1. The number of nitrogens with one attached hydrogen (secondary N) is 3. The Hall–Kier alpha value is -2.42. The minimum absolute atomic E-state index is 0.0705. The molecule has 0 spiro atoms. The zero-order valence-electron chi connectivity index (χ0n) is 16.1. The van der Waals surface area contributed by atoms with Gasteiger partial charge in [0, 0.05) is 34.8 Å². The summed E-state index contributed by atoms with van der Waals surface area (Å²) in [5.41, 5.74) is 6.34. The van der Waals surface area contributed by atoms with E-state index in [1.54, 1.807) is 6.08 Å². The van der Waals surface area contributed by atoms with E-state index in [-0.39, 0.29) is 18.0 Å². The standard InChI is InChI=1S/C20H23ClN6O2/c1-11-2-3-13(21)8-14(11)18-25-20(29-26-18)15-10-23-27-16(9-17(28)24-19(15)27)12-4-6-22-7-5-12/h2-3,8-9,12,15,19,22-23H,4-7,10H2,1H3,(H,24,28). The van der Waals surface area contributed by atoms with Crippen molar-refractivity contribution >= 4 is 17.5 Å². The van der Waals surface area contributed by atoms with Gasteiger partial charge in [0.05, 0.1) is 5.92 Å². The van der Waals surface area contributed by atoms with Crippen LogP contribution in [0.5, 0.6) is 0 Å². The average Bonchev–Trinajstić information content (AvgIpc) is 3.37. The summed E-state index contributed by atoms with van der Waals surface area (Å²) in [5, 5.41) is 13.3. The summed E-state index contributed by atoms with van der Waals surface area (Å²) in [6.07, 6.45) is 3.52. The average molecular weight is 415 g/mol. The zero-order chi connectivity index (χ0) is 20.0. The van der Waals surface area contributed by atoms with Crippen LogP contribution in [0.25, 0.3) is 11.4 Å². The first-order valence-corrected chi connectivity index (χ1v) is 10.3. The summed E-state index contributed by atoms with van der Waals surface area (Å²) >= 11 is 6.14. The van der Waals surface area contributed by atoms with Crippen LogP contribution in [0.1, 0.15) is 30.2 Å². The molecule has 0 bridgehead atoms. The van der Waals surface area contributed by atoms with Gasteiger partial charge in [-0.05, 0) is 50.6 Å². The van der Waals surface area contributed by atoms with E-state index in [4.69, 9.17) is 16.1 Å². The molecule has 2 fully saturated rings. The highest BCUT2D eigenvalue weighted by Crippen LogP contribution is 2.35. The molecule has 152 valence electrons. The number of rotatable bonds is 3. The topological polar surface area (TPSA) is 95.3 Å². The van der Waals surface area contributed by atoms with E-state index >= 15 is 0 Å². The van der Waals surface area contributed by atoms with E-state index in [0.29, 0.717) is 29.2 Å². The number of carbonyl (C=O) groups is 1. The molecule has 0 radical (unpaired) electrons. The van der Waals surface area contributed by atoms with E-state index in [1.807, 2.05) is 25.1 Å². The maximum Gasteiger partial charge on any atom is 0.247 e. The highest BCUT2D eigenvalue weighted by molar-refractivity contribution is 6.30. The molecule has 2 unspecified atom stereocenters. The number of hydrazine groups is 1. The molecule has 9 heteroatoms. The molecule has 8 nitrogen and oxygen atoms in total. The van der Waals surface area contributed by atoms with Crippen molar-refractivity contribution in [3.05, 3.63) is 46.4 Å². The number of nitrogens with zero attached hydrogens (tertiary/aromatic N) is 3. The Bertz CT molecular complexity index is 968. The number of benzene rings is 1. The second kappa shape index (κ2) is 7.44. The third kappa shape index (κ3) is 3.41. The number of amides is 1. The Morgan fingerprint density at radius 3 is 2.93 bits per heavy atom. The lowest BCUT2D eigenvalue weighted by atomic mass is 9.92. The van der Waals surface area contributed by atoms with Crippen LogP contribution < -0.4 is 16.1 Å². The lowest BCUT2D eigenvalue weighted by Gasteiger charge is -2.38. The molecule has 5 rings (SSSR count). The SMILES string of the molecule is Cc1ccc(Cl)cc1-c1noc(C2CNN3C(C4CCNCC4)=CC(=O)NC23)n1. The first-order valence-electron chi connectivity index (χ1n) is 9.96. The largest absolute Gasteiger partial charge is 0.338 e. The quantitative estimate of drug-likeness (QED) is 0.706. The third-order valence-corrected chi connectivity index (χ3v) is 6.18. The van der Waals surface area contributed by atoms with Gasteiger partial charge in [0.2, 0.25) is 17.6 Å². The van der Waals surface area contributed by atoms with E-state index in [2.05, 4.69) is 31.2 Å². The minimum atomic E-state index is -0.244. The predicted octanol–water partition coefficient (Wildman–Crippen LogP) is 1.94. The van der Waals surface area contributed by atoms with Crippen molar-refractivity contribution in [3.63, 3.8) is 0 Å². The molecule has 3 aliphatic heterocycles. The molecule has 29 heavy (non-hydrogen) atoms. The number of aromatic nitrogens is 2. The van der Waals surface area contributed by atoms with E-state index in [9.17, 15) is 4.79 Å². The molecule has 4 heterocycles. The van der Waals surface area contributed by atoms with Gasteiger partial charge >= 0.3 is 0 Å². The van der Waals surface area contributed by atoms with Crippen LogP contribution in [0.15, 0.2) is 34.5 Å². The Kier molecular flexibility index (Phi) is 4.77. The molecule has 1 aromatic carbocycles. The van der Waals surface area contributed by atoms with Crippen molar-refractivity contribution in [2.75, 3.05) is 19.6 Å². The fourth-order valence-corrected chi connectivity index (χ4v) is 4.55. The maximum absolute atomic E-state index is 12.4. The molecular weight excluding hydrogens is 392 g/mol. The number of piperidine rings is 1. The first-order chi connectivity index (χ1) is 14.1. The Labute approximate surface area is 173 Å². The number of allylic oxidation sites excluding steroid dienone is 1. The summed E-state index contributed by atoms with van der Waals surface area (Å²) in [7, 11) is 0. The number of hydrogen-bond acceptors (Lipinski definition) is 7. The van der Waals surface area contributed by atoms with Gasteiger partial charge in [-0.2, -0.15) is 4.98 Å². The van der Waals surface area contributed by atoms with Crippen LogP contribution in [-0.4, -0.2) is 46.9 Å². The van der Waals surface area contributed by atoms with E-state index in [1.165, 1.54) is 0 Å². The lowest BCUT2D eigenvalue weighted by molar-refractivity contribution is -0.119. The van der Waals surface area contributed by atoms with Crippen LogP contribution in [0.4, 0.5) is 0 Å². The molecular formula is C20H23ClN6O2. The van der Waals surface area contributed by atoms with Gasteiger partial charge in [-0.15, -0.1) is 0 Å². The molecule has 1 aromatic heterocycles. The van der Waals surface area contributed by atoms with Crippen LogP contribution in [0, 0.1) is 12.8 Å². The molecule has 2 atom stereocenters. The highest BCUT2D eigenvalue weighted by atomic mass is 35.5. The van der Waals surface area contributed by atoms with E-state index < -0.39 is 0 Å². The van der Waals surface area contributed by atoms with Crippen LogP contribution in [-0.2, 0) is 4.79 Å². The van der Waals surface area contributed by atoms with Gasteiger partial charge in [0.25, 0.3) is 0 Å². The Morgan fingerprint density at radius 1 is 1.28 bits per heavy atom. The monoisotopic (exact) mass is 414 g/mol. The van der Waals surface area contributed by atoms with E-state index in [0.717, 1.165) is 42.8 Å². The van der Waals surface area contributed by atoms with Gasteiger partial charge in [-0.1, -0.05) is 22.8 Å². The summed E-state index contributed by atoms with van der Waals surface area (Å²) in [6.45, 7) is 4.54. The Morgan fingerprint density at radius 2 is 2.10 bits per heavy atom. The summed E-state index contributed by atoms with van der Waals surface area (Å²) in [6, 6.07) is 5.61. The van der Waals surface area contributed by atoms with Crippen molar-refractivity contribution < 1.29 is 9.32 Å². The normalized spacial score (nSPS) is 25.0. The van der Waals surface area contributed by atoms with Gasteiger partial charge in [0.15, 0.2) is 0 Å². The summed E-state index contributed by atoms with van der Waals surface area (Å²) in [5.74, 6) is 1.17. The molecule has 1 amide bonds. The molecule has 0 saturated carbocycles. The molecule has 3 aliphatic rings. The minimum Gasteiger partial charge on any atom is -0.338 e. The van der Waals surface area contributed by atoms with Crippen LogP contribution >= 0.6 is 11.6 Å². The third-order valence-electron chi connectivity index (χ3n) is 5.95. The first kappa shape index (κ1) is 18.6. The number of fused-ring (bicyclic) bond motifs is 1. The predicted molar refractivity (Wildman–Crippen MR) is 108 cm³/mol. The van der Waals surface area contributed by atoms with Gasteiger partial charge in [0.1, 0.15) is 6.17 Å². The maximum atomic E-state index is 12.4. The highest BCUT2D eigenvalue weighted by Gasteiger charge is 2.44. The van der Waals surface area contributed by atoms with Gasteiger partial charge in [-0.25, -0.2) is 5.43 Å². The second-order valence-corrected chi connectivity index (χ2v) is 8.24. The summed E-state index contributed by atoms with van der Waals surface area (Å²) < 4.78 is 5.61. The molecule has 2 saturated heterocycles. The van der Waals surface area contributed by atoms with Gasteiger partial charge < -0.3 is 15.2 Å². The second-order valence-electron chi connectivity index (χ2n) is 7.80. The summed E-state index contributed by atoms with van der Waals surface area (Å²) in [4.78, 5) is 17.0. The zero-order valence-corrected chi connectivity index (χ0v) is 16.9. The van der Waals surface area contributed by atoms with Crippen LogP contribution in [0.2, 0.25) is 5.02 Å². The fraction of sp³-hybridized carbons (Fsp3) is 0.450. The molecule has 0 aliphatic carbocycles. The number of carbonyl (C=O) groups excluding carboxylic acids is 1. The van der Waals surface area contributed by atoms with Crippen molar-refractivity contribution in [1.82, 2.24) is 31.2 Å². The lowest BCUT2D eigenvalue weighted by Crippen LogP contribution is -2.53. The molecule has 2 aromatic rings.